The van der Waals surface area contributed by atoms with Gasteiger partial charge in [-0.3, -0.25) is 0 Å². The van der Waals surface area contributed by atoms with Gasteiger partial charge in [0.2, 0.25) is 0 Å². The van der Waals surface area contributed by atoms with Gasteiger partial charge in [0.15, 0.2) is 0 Å². The maximum absolute atomic E-state index is 2.42. The van der Waals surface area contributed by atoms with E-state index in [1.165, 1.54) is 37.1 Å². The van der Waals surface area contributed by atoms with Gasteiger partial charge in [-0.1, -0.05) is 25.0 Å². The summed E-state index contributed by atoms with van der Waals surface area (Å²) in [5, 5.41) is 0. The number of nitrogens with zero attached hydrogens (tertiary/aromatic N) is 2. The summed E-state index contributed by atoms with van der Waals surface area (Å²) in [5.74, 6) is 1.18. The molecule has 2 unspecified atom stereocenters. The fourth-order valence-corrected chi connectivity index (χ4v) is 3.65. The fraction of sp³-hybridized carbons (Fsp3) is 0.500. The Bertz CT molecular complexity index is 533. The Balaban J connectivity index is 2.10. The molecule has 0 saturated carbocycles. The first-order chi connectivity index (χ1) is 10.6. The van der Waals surface area contributed by atoms with Crippen LogP contribution in [0.25, 0.3) is 0 Å². The van der Waals surface area contributed by atoms with Crippen LogP contribution >= 0.6 is 0 Å². The Kier molecular flexibility index (Phi) is 4.28. The maximum Gasteiger partial charge on any atom is 0.0361 e. The smallest absolute Gasteiger partial charge is 0.0361 e. The van der Waals surface area contributed by atoms with E-state index in [1.54, 1.807) is 11.1 Å². The summed E-state index contributed by atoms with van der Waals surface area (Å²) in [6.45, 7) is 0. The molecule has 0 aromatic rings. The molecule has 3 rings (SSSR count). The van der Waals surface area contributed by atoms with Gasteiger partial charge >= 0.3 is 0 Å². The Hall–Kier alpha value is -1.70. The first-order valence-electron chi connectivity index (χ1n) is 8.45. The van der Waals surface area contributed by atoms with Crippen molar-refractivity contribution in [2.75, 3.05) is 28.2 Å². The molecule has 22 heavy (non-hydrogen) atoms. The molecule has 0 fully saturated rings. The molecule has 0 aliphatic heterocycles. The minimum Gasteiger partial charge on any atom is -0.378 e. The Morgan fingerprint density at radius 2 is 1.14 bits per heavy atom. The van der Waals surface area contributed by atoms with Gasteiger partial charge in [0.05, 0.1) is 0 Å². The average molecular weight is 296 g/mol. The number of hydrogen-bond acceptors (Lipinski definition) is 2. The number of fused-ring (bicyclic) bond motifs is 2. The zero-order valence-corrected chi connectivity index (χ0v) is 14.3. The third-order valence-corrected chi connectivity index (χ3v) is 5.05. The van der Waals surface area contributed by atoms with Crippen LogP contribution in [0.3, 0.4) is 0 Å². The molecule has 0 aromatic carbocycles. The first-order valence-corrected chi connectivity index (χ1v) is 8.45. The molecule has 118 valence electrons. The average Bonchev–Trinajstić information content (AvgIpc) is 2.49. The summed E-state index contributed by atoms with van der Waals surface area (Å²) in [4.78, 5) is 4.42. The Labute approximate surface area is 135 Å². The lowest BCUT2D eigenvalue weighted by Gasteiger charge is -2.32. The Morgan fingerprint density at radius 3 is 1.50 bits per heavy atom. The summed E-state index contributed by atoms with van der Waals surface area (Å²) < 4.78 is 0. The monoisotopic (exact) mass is 296 g/mol. The van der Waals surface area contributed by atoms with Crippen LogP contribution in [-0.4, -0.2) is 38.0 Å². The van der Waals surface area contributed by atoms with Crippen molar-refractivity contribution in [1.29, 1.82) is 0 Å². The van der Waals surface area contributed by atoms with E-state index in [2.05, 4.69) is 74.4 Å². The minimum atomic E-state index is 0.590. The highest BCUT2D eigenvalue weighted by Crippen LogP contribution is 2.39. The van der Waals surface area contributed by atoms with Gasteiger partial charge in [-0.05, 0) is 48.3 Å². The second-order valence-electron chi connectivity index (χ2n) is 7.05. The molecule has 2 atom stereocenters. The summed E-state index contributed by atoms with van der Waals surface area (Å²) in [6, 6.07) is 0. The molecule has 0 heterocycles. The highest BCUT2D eigenvalue weighted by atomic mass is 15.1. The van der Waals surface area contributed by atoms with E-state index in [9.17, 15) is 0 Å². The normalized spacial score (nSPS) is 30.5. The lowest BCUT2D eigenvalue weighted by molar-refractivity contribution is 0.490. The van der Waals surface area contributed by atoms with Gasteiger partial charge in [-0.15, -0.1) is 0 Å². The van der Waals surface area contributed by atoms with Crippen LogP contribution < -0.4 is 0 Å². The van der Waals surface area contributed by atoms with Gasteiger partial charge < -0.3 is 9.80 Å². The van der Waals surface area contributed by atoms with Crippen molar-refractivity contribution in [3.05, 3.63) is 59.0 Å². The van der Waals surface area contributed by atoms with Crippen LogP contribution in [0.15, 0.2) is 59.0 Å². The van der Waals surface area contributed by atoms with Crippen LogP contribution in [0.1, 0.15) is 25.7 Å². The fourth-order valence-electron chi connectivity index (χ4n) is 3.65. The number of hydrogen-bond donors (Lipinski definition) is 0. The maximum atomic E-state index is 2.42. The van der Waals surface area contributed by atoms with Crippen molar-refractivity contribution in [2.24, 2.45) is 11.8 Å². The summed E-state index contributed by atoms with van der Waals surface area (Å²) in [6.07, 6.45) is 19.5. The molecule has 2 nitrogen and oxygen atoms in total. The lowest BCUT2D eigenvalue weighted by Crippen LogP contribution is -2.20. The van der Waals surface area contributed by atoms with E-state index in [0.717, 1.165) is 0 Å². The molecule has 2 heteroatoms. The molecular formula is C20H28N2. The minimum absolute atomic E-state index is 0.590. The molecule has 3 aliphatic rings. The van der Waals surface area contributed by atoms with Gasteiger partial charge in [0.1, 0.15) is 0 Å². The quantitative estimate of drug-likeness (QED) is 0.756. The van der Waals surface area contributed by atoms with E-state index in [0.29, 0.717) is 11.8 Å². The van der Waals surface area contributed by atoms with Crippen molar-refractivity contribution >= 4 is 0 Å². The molecule has 0 N–H and O–H groups in total. The van der Waals surface area contributed by atoms with Crippen LogP contribution in [0.4, 0.5) is 0 Å². The predicted molar refractivity (Wildman–Crippen MR) is 94.3 cm³/mol. The SMILES string of the molecule is CN(C)C1=C/C2=C3\C=C(N(C)C)C=CC3CCCCC2C=C1. The van der Waals surface area contributed by atoms with Crippen molar-refractivity contribution in [3.8, 4) is 0 Å². The van der Waals surface area contributed by atoms with Gasteiger partial charge in [-0.25, -0.2) is 0 Å². The number of likely N-dealkylation sites (N-methyl/N-ethyl adjacent to an activating group) is 2. The molecule has 0 radical (unpaired) electrons. The zero-order chi connectivity index (χ0) is 15.7. The van der Waals surface area contributed by atoms with Crippen LogP contribution in [0.5, 0.6) is 0 Å². The second-order valence-corrected chi connectivity index (χ2v) is 7.05. The van der Waals surface area contributed by atoms with E-state index >= 15 is 0 Å². The third-order valence-electron chi connectivity index (χ3n) is 5.05. The van der Waals surface area contributed by atoms with Gasteiger partial charge in [-0.2, -0.15) is 0 Å². The van der Waals surface area contributed by atoms with Crippen molar-refractivity contribution in [3.63, 3.8) is 0 Å². The van der Waals surface area contributed by atoms with Crippen LogP contribution in [0, 0.1) is 11.8 Å². The zero-order valence-electron chi connectivity index (χ0n) is 14.3. The van der Waals surface area contributed by atoms with Gasteiger partial charge in [0, 0.05) is 51.4 Å². The summed E-state index contributed by atoms with van der Waals surface area (Å²) in [7, 11) is 8.52. The van der Waals surface area contributed by atoms with Crippen molar-refractivity contribution in [1.82, 2.24) is 9.80 Å². The van der Waals surface area contributed by atoms with Crippen LogP contribution in [0.2, 0.25) is 0 Å². The Morgan fingerprint density at radius 1 is 0.727 bits per heavy atom. The van der Waals surface area contributed by atoms with Crippen LogP contribution in [-0.2, 0) is 0 Å². The summed E-state index contributed by atoms with van der Waals surface area (Å²) >= 11 is 0. The van der Waals surface area contributed by atoms with Crippen molar-refractivity contribution < 1.29 is 0 Å². The number of rotatable bonds is 2. The first kappa shape index (κ1) is 15.2. The topological polar surface area (TPSA) is 6.48 Å². The lowest BCUT2D eigenvalue weighted by atomic mass is 9.76. The molecule has 0 saturated heterocycles. The largest absolute Gasteiger partial charge is 0.378 e. The molecule has 0 amide bonds. The highest BCUT2D eigenvalue weighted by molar-refractivity contribution is 5.50. The highest BCUT2D eigenvalue weighted by Gasteiger charge is 2.25. The molecule has 0 aromatic heterocycles. The molecule has 0 bridgehead atoms. The predicted octanol–water partition coefficient (Wildman–Crippen LogP) is 4.12. The van der Waals surface area contributed by atoms with E-state index in [4.69, 9.17) is 0 Å². The third kappa shape index (κ3) is 2.92. The second kappa shape index (κ2) is 6.20. The molecular weight excluding hydrogens is 268 g/mol. The van der Waals surface area contributed by atoms with Crippen molar-refractivity contribution in [2.45, 2.75) is 25.7 Å². The van der Waals surface area contributed by atoms with E-state index in [-0.39, 0.29) is 0 Å². The van der Waals surface area contributed by atoms with E-state index < -0.39 is 0 Å². The molecule has 0 spiro atoms. The number of allylic oxidation sites excluding steroid dienone is 8. The molecule has 3 aliphatic carbocycles. The summed E-state index contributed by atoms with van der Waals surface area (Å²) in [5.41, 5.74) is 5.71. The van der Waals surface area contributed by atoms with E-state index in [1.807, 2.05) is 0 Å². The van der Waals surface area contributed by atoms with Gasteiger partial charge in [0.25, 0.3) is 0 Å². The standard InChI is InChI=1S/C20H28N2/c1-21(2)17-11-9-15-7-5-6-8-16-10-12-18(22(3)4)14-20(16)19(15)13-17/h9-16H,5-8H2,1-4H3/b20-19-.